The average molecular weight is 951 g/mol. The fourth-order valence-corrected chi connectivity index (χ4v) is 7.58. The molecule has 4 aliphatic heterocycles. The molecule has 0 spiro atoms. The largest absolute Gasteiger partial charge is 0.508 e. The maximum absolute atomic E-state index is 12.9. The quantitative estimate of drug-likeness (QED) is 0.0437. The summed E-state index contributed by atoms with van der Waals surface area (Å²) in [5.41, 5.74) is 0.421. The molecule has 0 aromatic heterocycles. The van der Waals surface area contributed by atoms with Gasteiger partial charge in [-0.1, -0.05) is 12.1 Å². The minimum Gasteiger partial charge on any atom is -0.508 e. The van der Waals surface area contributed by atoms with Crippen molar-refractivity contribution in [2.75, 3.05) is 26.9 Å². The summed E-state index contributed by atoms with van der Waals surface area (Å²) in [6, 6.07) is 9.92. The number of ether oxygens (including phenoxy) is 9. The first-order chi connectivity index (χ1) is 31.9. The highest BCUT2D eigenvalue weighted by Gasteiger charge is 2.53. The van der Waals surface area contributed by atoms with Crippen LogP contribution in [0.25, 0.3) is 12.2 Å². The summed E-state index contributed by atoms with van der Waals surface area (Å²) < 4.78 is 51.9. The van der Waals surface area contributed by atoms with Gasteiger partial charge in [0, 0.05) is 23.8 Å². The van der Waals surface area contributed by atoms with Crippen LogP contribution in [0.15, 0.2) is 60.4 Å². The third kappa shape index (κ3) is 10.5. The molecule has 3 saturated heterocycles. The Morgan fingerprint density at radius 2 is 1.27 bits per heavy atom. The molecule has 16 unspecified atom stereocenters. The van der Waals surface area contributed by atoms with Crippen molar-refractivity contribution in [3.8, 4) is 40.2 Å². The standard InChI is InChI=1S/C43H50O24/c1-59-25-8-16(2-5-21(25)48)3-7-30(50)60-15-29-33(53)36(56)40(67-42-38(58)35(55)32(52)28(14-45)65-42)43(66-29)63-26-12-19-23(61-39(26)17-4-6-20(47)22(49)9-17)10-18(46)11-24(19)62-41-37(57)34(54)31(51)27(13-44)64-41/h2-12,27-29,31-49,51-58H,13-15H2,1H3. The number of fused-ring (bicyclic) bond motifs is 1. The number of aromatic hydroxyl groups is 4. The molecule has 3 aromatic carbocycles. The Morgan fingerprint density at radius 1 is 0.642 bits per heavy atom. The molecule has 4 heterocycles. The zero-order valence-electron chi connectivity index (χ0n) is 35.1. The highest BCUT2D eigenvalue weighted by atomic mass is 16.8. The lowest BCUT2D eigenvalue weighted by Gasteiger charge is -2.46. The summed E-state index contributed by atoms with van der Waals surface area (Å²) in [6.45, 7) is -2.42. The topological polar surface area (TPSA) is 383 Å². The molecule has 3 fully saturated rings. The van der Waals surface area contributed by atoms with Gasteiger partial charge in [-0.15, -0.1) is 0 Å². The lowest BCUT2D eigenvalue weighted by molar-refractivity contribution is -0.364. The van der Waals surface area contributed by atoms with E-state index in [9.17, 15) is 76.3 Å². The van der Waals surface area contributed by atoms with E-state index < -0.39 is 141 Å². The lowest BCUT2D eigenvalue weighted by atomic mass is 9.97. The molecule has 0 amide bonds. The molecule has 0 radical (unpaired) electrons. The molecular weight excluding hydrogens is 900 g/mol. The van der Waals surface area contributed by atoms with Crippen molar-refractivity contribution >= 4 is 18.1 Å². The van der Waals surface area contributed by atoms with Crippen LogP contribution in [0.1, 0.15) is 22.8 Å². The number of esters is 1. The number of aliphatic hydroxyl groups excluding tert-OH is 10. The van der Waals surface area contributed by atoms with E-state index >= 15 is 0 Å². The van der Waals surface area contributed by atoms with E-state index in [0.717, 1.165) is 30.3 Å². The van der Waals surface area contributed by atoms with Crippen LogP contribution >= 0.6 is 0 Å². The van der Waals surface area contributed by atoms with Gasteiger partial charge in [0.05, 0.1) is 25.9 Å². The van der Waals surface area contributed by atoms with Gasteiger partial charge in [-0.05, 0) is 42.0 Å². The Labute approximate surface area is 379 Å². The predicted molar refractivity (Wildman–Crippen MR) is 219 cm³/mol. The lowest BCUT2D eigenvalue weighted by Crippen LogP contribution is -2.64. The van der Waals surface area contributed by atoms with Crippen LogP contribution in [-0.2, 0) is 33.2 Å². The van der Waals surface area contributed by atoms with Crippen LogP contribution in [0.4, 0.5) is 0 Å². The number of phenols is 4. The van der Waals surface area contributed by atoms with E-state index in [1.165, 1.54) is 43.5 Å². The Balaban J connectivity index is 1.24. The zero-order chi connectivity index (χ0) is 48.4. The average Bonchev–Trinajstić information content (AvgIpc) is 3.31. The van der Waals surface area contributed by atoms with Gasteiger partial charge < -0.3 is 114 Å². The molecule has 67 heavy (non-hydrogen) atoms. The maximum Gasteiger partial charge on any atom is 0.330 e. The van der Waals surface area contributed by atoms with E-state index in [0.29, 0.717) is 5.56 Å². The first kappa shape index (κ1) is 49.4. The highest BCUT2D eigenvalue weighted by molar-refractivity contribution is 5.87. The molecule has 366 valence electrons. The van der Waals surface area contributed by atoms with Crippen molar-refractivity contribution in [1.82, 2.24) is 0 Å². The number of methoxy groups -OCH3 is 1. The summed E-state index contributed by atoms with van der Waals surface area (Å²) in [5.74, 6) is -3.40. The second kappa shape index (κ2) is 20.8. The third-order valence-corrected chi connectivity index (χ3v) is 11.3. The van der Waals surface area contributed by atoms with Crippen LogP contribution < -0.4 is 14.2 Å². The van der Waals surface area contributed by atoms with Gasteiger partial charge in [0.1, 0.15) is 96.8 Å². The zero-order valence-corrected chi connectivity index (χ0v) is 35.1. The Kier molecular flexibility index (Phi) is 15.3. The van der Waals surface area contributed by atoms with Crippen LogP contribution in [0, 0.1) is 0 Å². The van der Waals surface area contributed by atoms with Gasteiger partial charge in [-0.2, -0.15) is 0 Å². The molecule has 24 nitrogen and oxygen atoms in total. The minimum absolute atomic E-state index is 0.0678. The van der Waals surface area contributed by atoms with Crippen LogP contribution in [0.5, 0.6) is 40.2 Å². The number of benzene rings is 3. The van der Waals surface area contributed by atoms with Crippen molar-refractivity contribution in [3.63, 3.8) is 0 Å². The smallest absolute Gasteiger partial charge is 0.330 e. The van der Waals surface area contributed by atoms with E-state index in [-0.39, 0.29) is 39.9 Å². The van der Waals surface area contributed by atoms with Crippen molar-refractivity contribution < 1.29 is 119 Å². The highest BCUT2D eigenvalue weighted by Crippen LogP contribution is 2.47. The molecule has 14 N–H and O–H groups in total. The van der Waals surface area contributed by atoms with Gasteiger partial charge in [-0.3, -0.25) is 0 Å². The summed E-state index contributed by atoms with van der Waals surface area (Å²) in [4.78, 5) is 12.9. The van der Waals surface area contributed by atoms with E-state index in [1.54, 1.807) is 0 Å². The van der Waals surface area contributed by atoms with Gasteiger partial charge in [0.25, 0.3) is 0 Å². The molecule has 7 rings (SSSR count). The molecule has 16 atom stereocenters. The fraction of sp³-hybridized carbons (Fsp3) is 0.465. The van der Waals surface area contributed by atoms with Gasteiger partial charge in [0.2, 0.25) is 12.6 Å². The number of phenolic OH excluding ortho intramolecular Hbond substituents is 4. The number of hydrogen-bond acceptors (Lipinski definition) is 24. The number of carbonyl (C=O) groups excluding carboxylic acids is 1. The fourth-order valence-electron chi connectivity index (χ4n) is 7.58. The van der Waals surface area contributed by atoms with Crippen molar-refractivity contribution in [1.29, 1.82) is 0 Å². The normalized spacial score (nSPS) is 34.1. The number of hydrogen-bond donors (Lipinski definition) is 14. The Hall–Kier alpha value is -5.55. The number of rotatable bonds is 14. The van der Waals surface area contributed by atoms with E-state index in [1.807, 2.05) is 0 Å². The maximum atomic E-state index is 12.9. The summed E-state index contributed by atoms with van der Waals surface area (Å²) in [6.07, 6.45) is -25.4. The van der Waals surface area contributed by atoms with Crippen molar-refractivity contribution in [2.24, 2.45) is 0 Å². The number of aliphatic hydroxyl groups is 10. The second-order valence-electron chi connectivity index (χ2n) is 15.8. The third-order valence-electron chi connectivity index (χ3n) is 11.3. The summed E-state index contributed by atoms with van der Waals surface area (Å²) >= 11 is 0. The summed E-state index contributed by atoms with van der Waals surface area (Å²) in [5, 5.41) is 147. The monoisotopic (exact) mass is 950 g/mol. The van der Waals surface area contributed by atoms with Gasteiger partial charge >= 0.3 is 5.97 Å². The Bertz CT molecular complexity index is 2270. The molecular formula is C43H50O24. The summed E-state index contributed by atoms with van der Waals surface area (Å²) in [7, 11) is 1.33. The minimum atomic E-state index is -2.08. The predicted octanol–water partition coefficient (Wildman–Crippen LogP) is -2.92. The van der Waals surface area contributed by atoms with Crippen molar-refractivity contribution in [2.45, 2.75) is 98.2 Å². The first-order valence-corrected chi connectivity index (χ1v) is 20.5. The van der Waals surface area contributed by atoms with Crippen LogP contribution in [0.2, 0.25) is 0 Å². The Morgan fingerprint density at radius 3 is 1.93 bits per heavy atom. The van der Waals surface area contributed by atoms with E-state index in [4.69, 9.17) is 42.6 Å². The molecule has 0 bridgehead atoms. The van der Waals surface area contributed by atoms with Crippen molar-refractivity contribution in [3.05, 3.63) is 77.1 Å². The molecule has 0 aliphatic carbocycles. The van der Waals surface area contributed by atoms with Gasteiger partial charge in [-0.25, -0.2) is 4.79 Å². The SMILES string of the molecule is COc1cc(C=CC(=O)OCC2OC(OC3=Cc4c(cc(O)cc4OC4OC(CO)C(O)C(O)C4O)OC3c3ccc(O)c(O)c3)C(OC3OC(CO)C(O)C(O)C3O)C(O)C2O)ccc1O. The van der Waals surface area contributed by atoms with Gasteiger partial charge in [0.15, 0.2) is 41.5 Å². The molecule has 24 heteroatoms. The number of carbonyl (C=O) groups is 1. The molecule has 4 aliphatic rings. The van der Waals surface area contributed by atoms with E-state index in [2.05, 4.69) is 0 Å². The second-order valence-corrected chi connectivity index (χ2v) is 15.8. The van der Waals surface area contributed by atoms with Crippen LogP contribution in [-0.4, -0.2) is 197 Å². The molecule has 3 aromatic rings. The van der Waals surface area contributed by atoms with Crippen LogP contribution in [0.3, 0.4) is 0 Å². The first-order valence-electron chi connectivity index (χ1n) is 20.5. The molecule has 0 saturated carbocycles.